The van der Waals surface area contributed by atoms with Crippen LogP contribution in [0.1, 0.15) is 41.2 Å². The molecular weight excluding hydrogens is 967 g/mol. The molecule has 0 saturated carbocycles. The zero-order valence-electron chi connectivity index (χ0n) is 36.9. The topological polar surface area (TPSA) is 405 Å². The fraction of sp³-hybridized carbons (Fsp3) is 0.167. The van der Waals surface area contributed by atoms with Crippen LogP contribution in [-0.4, -0.2) is 117 Å². The molecule has 0 unspecified atom stereocenters. The number of aromatic amines is 1. The van der Waals surface area contributed by atoms with E-state index in [1.165, 1.54) is 66.7 Å². The maximum absolute atomic E-state index is 13.5. The molecule has 0 saturated heterocycles. The molecule has 370 valence electrons. The predicted octanol–water partition coefficient (Wildman–Crippen LogP) is 4.32. The quantitative estimate of drug-likeness (QED) is 0.0505. The second-order valence-electron chi connectivity index (χ2n) is 16.4. The molecule has 11 N–H and O–H groups in total. The number of carbonyl (C=O) groups is 8. The summed E-state index contributed by atoms with van der Waals surface area (Å²) in [7, 11) is -4.74. The van der Waals surface area contributed by atoms with E-state index in [9.17, 15) is 87.6 Å². The van der Waals surface area contributed by atoms with Crippen molar-refractivity contribution in [1.82, 2.24) is 19.5 Å². The Morgan fingerprint density at radius 1 is 0.556 bits per heavy atom. The van der Waals surface area contributed by atoms with Crippen molar-refractivity contribution in [1.29, 1.82) is 0 Å². The number of carboxylic acid groups (broad SMARTS) is 8. The van der Waals surface area contributed by atoms with Gasteiger partial charge in [0.2, 0.25) is 10.0 Å². The number of nitrogens with two attached hydrogens (primary N) is 1. The third-order valence-electron chi connectivity index (χ3n) is 11.9. The zero-order valence-corrected chi connectivity index (χ0v) is 37.7. The van der Waals surface area contributed by atoms with Crippen molar-refractivity contribution in [2.75, 3.05) is 0 Å². The van der Waals surface area contributed by atoms with Gasteiger partial charge in [-0.25, -0.2) is 23.5 Å². The first-order valence-electron chi connectivity index (χ1n) is 21.1. The van der Waals surface area contributed by atoms with Crippen molar-refractivity contribution in [3.8, 4) is 22.3 Å². The van der Waals surface area contributed by atoms with Gasteiger partial charge < -0.3 is 50.4 Å². The smallest absolute Gasteiger partial charge is 0.319 e. The first-order chi connectivity index (χ1) is 34.0. The Morgan fingerprint density at radius 2 is 1.04 bits per heavy atom. The number of rotatable bonds is 19. The molecule has 2 aliphatic heterocycles. The number of aromatic nitrogens is 4. The van der Waals surface area contributed by atoms with Gasteiger partial charge in [0.1, 0.15) is 0 Å². The Bertz CT molecular complexity index is 3470. The highest BCUT2D eigenvalue weighted by Gasteiger charge is 2.40. The summed E-state index contributed by atoms with van der Waals surface area (Å²) in [5.74, 6) is -25.4. The average molecular weight is 1010 g/mol. The van der Waals surface area contributed by atoms with Crippen LogP contribution in [0.15, 0.2) is 89.8 Å². The van der Waals surface area contributed by atoms with E-state index in [0.29, 0.717) is 5.52 Å². The number of fused-ring (bicyclic) bond motifs is 8. The van der Waals surface area contributed by atoms with Gasteiger partial charge in [0.25, 0.3) is 0 Å². The highest BCUT2D eigenvalue weighted by atomic mass is 32.2. The first kappa shape index (κ1) is 50.6. The molecule has 2 aliphatic rings. The van der Waals surface area contributed by atoms with E-state index in [1.54, 1.807) is 24.3 Å². The summed E-state index contributed by atoms with van der Waals surface area (Å²) < 4.78 is 28.1. The second kappa shape index (κ2) is 20.0. The van der Waals surface area contributed by atoms with Gasteiger partial charge in [0, 0.05) is 46.3 Å². The van der Waals surface area contributed by atoms with E-state index in [4.69, 9.17) is 10.1 Å². The van der Waals surface area contributed by atoms with Crippen LogP contribution in [-0.2, 0) is 61.3 Å². The second-order valence-corrected chi connectivity index (χ2v) is 17.9. The Morgan fingerprint density at radius 3 is 1.58 bits per heavy atom. The van der Waals surface area contributed by atoms with Gasteiger partial charge in [-0.3, -0.25) is 38.4 Å². The summed E-state index contributed by atoms with van der Waals surface area (Å²) in [6.45, 7) is -1.14. The fourth-order valence-electron chi connectivity index (χ4n) is 8.54. The van der Waals surface area contributed by atoms with Gasteiger partial charge in [-0.05, 0) is 78.1 Å². The molecule has 3 aromatic heterocycles. The number of hydrogen-bond donors (Lipinski definition) is 10. The van der Waals surface area contributed by atoms with Crippen LogP contribution in [0.3, 0.4) is 0 Å². The van der Waals surface area contributed by atoms with Crippen LogP contribution >= 0.6 is 0 Å². The normalized spacial score (nSPS) is 12.5. The number of nitrogens with zero attached hydrogens (tertiary/aromatic N) is 3. The van der Waals surface area contributed by atoms with E-state index >= 15 is 0 Å². The predicted molar refractivity (Wildman–Crippen MR) is 251 cm³/mol. The maximum Gasteiger partial charge on any atom is 0.319 e. The molecule has 0 spiro atoms. The lowest BCUT2D eigenvalue weighted by molar-refractivity contribution is -0.156. The molecule has 72 heavy (non-hydrogen) atoms. The molecule has 0 aliphatic carbocycles. The SMILES string of the molecule is NS(=O)(=O)c1ccccc1-c1c(-c2ccccc2)c2c(CC(C(=O)O)C(=O)O)c3nc(cc4ccc(cc5nc(cc1n2CC(C(=O)O)C(=O)O)C=C5)[nH]4)C(CC(C(=O)O)C(=O)O)=C3CC(C(=O)O)C(=O)O. The van der Waals surface area contributed by atoms with Crippen LogP contribution in [0.25, 0.3) is 67.6 Å². The Balaban J connectivity index is 1.94. The number of nitrogens with one attached hydrogen (secondary N) is 1. The Kier molecular flexibility index (Phi) is 14.0. The third-order valence-corrected chi connectivity index (χ3v) is 12.8. The summed E-state index contributed by atoms with van der Waals surface area (Å²) in [5.41, 5.74) is -2.99. The summed E-state index contributed by atoms with van der Waals surface area (Å²) in [6.07, 6.45) is -0.438. The third kappa shape index (κ3) is 10.2. The summed E-state index contributed by atoms with van der Waals surface area (Å²) in [4.78, 5) is 115. The minimum Gasteiger partial charge on any atom is -0.481 e. The van der Waals surface area contributed by atoms with E-state index in [2.05, 4.69) is 9.97 Å². The molecule has 0 amide bonds. The number of H-pyrrole nitrogens is 1. The van der Waals surface area contributed by atoms with E-state index in [1.807, 2.05) is 0 Å². The number of primary sulfonamides is 1. The first-order valence-corrected chi connectivity index (χ1v) is 22.7. The van der Waals surface area contributed by atoms with Crippen LogP contribution in [0.2, 0.25) is 0 Å². The number of allylic oxidation sites excluding steroid dienone is 2. The van der Waals surface area contributed by atoms with E-state index in [-0.39, 0.29) is 50.4 Å². The molecule has 7 rings (SSSR count). The van der Waals surface area contributed by atoms with Crippen molar-refractivity contribution in [2.45, 2.75) is 30.7 Å². The molecule has 8 bridgehead atoms. The summed E-state index contributed by atoms with van der Waals surface area (Å²) in [6, 6.07) is 19.7. The molecular formula is C48H39N5O18S. The Hall–Kier alpha value is -9.29. The standard InChI is InChI=1S/C48H39N5O18S/c49-72(70,71)36-9-5-4-8-26(36)38-35-16-25-13-11-23(51-25)14-22-10-12-24(50-22)15-34-27(17-30(41(54)55)42(56)57)28(18-31(43(58)59)44(60)61)39(52-34)29(19-32(45(62)63)46(64)65)40(37(38)21-6-2-1-3-7-21)53(35)20-33(47(66)67)48(68)69/h1-16,30-33,50H,17-20H2,(H,54,55)(H,56,57)(H,58,59)(H,60,61)(H,62,63)(H,64,65)(H,66,67)(H,68,69)(H2,49,70,71). The molecule has 0 fully saturated rings. The molecule has 0 atom stereocenters. The van der Waals surface area contributed by atoms with Gasteiger partial charge >= 0.3 is 47.8 Å². The Labute approximate surface area is 404 Å². The molecule has 23 nitrogen and oxygen atoms in total. The summed E-state index contributed by atoms with van der Waals surface area (Å²) in [5, 5.41) is 88.9. The molecule has 0 radical (unpaired) electrons. The van der Waals surface area contributed by atoms with Crippen molar-refractivity contribution >= 4 is 103 Å². The monoisotopic (exact) mass is 1010 g/mol. The highest BCUT2D eigenvalue weighted by molar-refractivity contribution is 7.89. The molecule has 2 aromatic carbocycles. The lowest BCUT2D eigenvalue weighted by Crippen LogP contribution is -2.29. The van der Waals surface area contributed by atoms with Crippen molar-refractivity contribution in [3.63, 3.8) is 0 Å². The van der Waals surface area contributed by atoms with Crippen LogP contribution in [0.4, 0.5) is 0 Å². The number of hydrogen-bond acceptors (Lipinski definition) is 12. The number of aliphatic carboxylic acids is 8. The van der Waals surface area contributed by atoms with Gasteiger partial charge in [-0.15, -0.1) is 0 Å². The largest absolute Gasteiger partial charge is 0.481 e. The van der Waals surface area contributed by atoms with Crippen molar-refractivity contribution in [3.05, 3.63) is 113 Å². The molecule has 24 heteroatoms. The van der Waals surface area contributed by atoms with E-state index in [0.717, 1.165) is 10.6 Å². The lowest BCUT2D eigenvalue weighted by atomic mass is 9.85. The van der Waals surface area contributed by atoms with E-state index < -0.39 is 140 Å². The maximum atomic E-state index is 13.5. The fourth-order valence-corrected chi connectivity index (χ4v) is 9.29. The molecule has 5 aromatic rings. The number of sulfonamides is 1. The van der Waals surface area contributed by atoms with Gasteiger partial charge in [0.05, 0.1) is 38.7 Å². The van der Waals surface area contributed by atoms with Crippen LogP contribution in [0.5, 0.6) is 0 Å². The average Bonchev–Trinajstić information content (AvgIpc) is 4.08. The van der Waals surface area contributed by atoms with Gasteiger partial charge in [0.15, 0.2) is 23.7 Å². The number of carboxylic acids is 8. The minimum atomic E-state index is -4.74. The minimum absolute atomic E-state index is 0.0690. The van der Waals surface area contributed by atoms with Crippen molar-refractivity contribution < 1.29 is 87.6 Å². The molecule has 5 heterocycles. The van der Waals surface area contributed by atoms with Crippen LogP contribution in [0, 0.1) is 23.7 Å². The summed E-state index contributed by atoms with van der Waals surface area (Å²) >= 11 is 0. The highest BCUT2D eigenvalue weighted by Crippen LogP contribution is 2.48. The zero-order chi connectivity index (χ0) is 52.5. The number of benzene rings is 2. The van der Waals surface area contributed by atoms with Gasteiger partial charge in [-0.1, -0.05) is 48.5 Å². The lowest BCUT2D eigenvalue weighted by Gasteiger charge is -2.19. The van der Waals surface area contributed by atoms with Crippen LogP contribution < -0.4 is 5.14 Å². The van der Waals surface area contributed by atoms with Crippen molar-refractivity contribution in [2.24, 2.45) is 28.8 Å². The van der Waals surface area contributed by atoms with Gasteiger partial charge in [-0.2, -0.15) is 0 Å².